The summed E-state index contributed by atoms with van der Waals surface area (Å²) in [6.07, 6.45) is 5.20. The topological polar surface area (TPSA) is 58.4 Å². The van der Waals surface area contributed by atoms with Crippen LogP contribution in [0.3, 0.4) is 0 Å². The Morgan fingerprint density at radius 1 is 1.38 bits per heavy atom. The molecule has 1 amide bonds. The molecule has 2 fully saturated rings. The zero-order chi connectivity index (χ0) is 14.8. The van der Waals surface area contributed by atoms with Crippen molar-refractivity contribution < 1.29 is 9.32 Å². The lowest BCUT2D eigenvalue weighted by Gasteiger charge is -2.30. The molecule has 1 N–H and O–H groups in total. The van der Waals surface area contributed by atoms with Crippen molar-refractivity contribution >= 4 is 5.91 Å². The van der Waals surface area contributed by atoms with E-state index in [1.54, 1.807) is 0 Å². The van der Waals surface area contributed by atoms with Crippen molar-refractivity contribution in [2.75, 3.05) is 19.6 Å². The van der Waals surface area contributed by atoms with E-state index in [9.17, 15) is 4.79 Å². The van der Waals surface area contributed by atoms with Crippen molar-refractivity contribution in [1.82, 2.24) is 15.4 Å². The van der Waals surface area contributed by atoms with Crippen molar-refractivity contribution in [2.24, 2.45) is 5.92 Å². The highest BCUT2D eigenvalue weighted by molar-refractivity contribution is 5.79. The molecule has 1 saturated heterocycles. The summed E-state index contributed by atoms with van der Waals surface area (Å²) in [6.45, 7) is 6.86. The van der Waals surface area contributed by atoms with Gasteiger partial charge in [0.2, 0.25) is 5.91 Å². The lowest BCUT2D eigenvalue weighted by atomic mass is 9.98. The van der Waals surface area contributed by atoms with Gasteiger partial charge in [0, 0.05) is 18.2 Å². The molecule has 1 unspecified atom stereocenters. The van der Waals surface area contributed by atoms with E-state index in [0.29, 0.717) is 18.4 Å². The van der Waals surface area contributed by atoms with E-state index >= 15 is 0 Å². The maximum Gasteiger partial charge on any atom is 0.227 e. The van der Waals surface area contributed by atoms with Crippen molar-refractivity contribution in [2.45, 2.75) is 52.0 Å². The van der Waals surface area contributed by atoms with Crippen LogP contribution in [-0.4, -0.2) is 41.6 Å². The van der Waals surface area contributed by atoms with Gasteiger partial charge in [0.25, 0.3) is 0 Å². The fourth-order valence-electron chi connectivity index (χ4n) is 3.21. The number of nitrogens with one attached hydrogen (secondary N) is 1. The van der Waals surface area contributed by atoms with Gasteiger partial charge in [-0.25, -0.2) is 0 Å². The first kappa shape index (κ1) is 14.6. The van der Waals surface area contributed by atoms with Crippen LogP contribution in [0.4, 0.5) is 0 Å². The van der Waals surface area contributed by atoms with Crippen LogP contribution in [0.1, 0.15) is 42.7 Å². The first-order chi connectivity index (χ1) is 10.1. The predicted molar refractivity (Wildman–Crippen MR) is 80.0 cm³/mol. The fourth-order valence-corrected chi connectivity index (χ4v) is 3.21. The van der Waals surface area contributed by atoms with Crippen LogP contribution in [0, 0.1) is 19.8 Å². The molecule has 5 heteroatoms. The summed E-state index contributed by atoms with van der Waals surface area (Å²) in [7, 11) is 0. The number of aryl methyl sites for hydroxylation is 2. The van der Waals surface area contributed by atoms with Crippen molar-refractivity contribution in [3.05, 3.63) is 17.0 Å². The largest absolute Gasteiger partial charge is 0.361 e. The lowest BCUT2D eigenvalue weighted by Crippen LogP contribution is -2.42. The zero-order valence-corrected chi connectivity index (χ0v) is 13.0. The third kappa shape index (κ3) is 3.46. The maximum atomic E-state index is 12.7. The van der Waals surface area contributed by atoms with Gasteiger partial charge in [-0.15, -0.1) is 0 Å². The minimum atomic E-state index is 0.234. The number of hydrogen-bond acceptors (Lipinski definition) is 4. The second kappa shape index (κ2) is 6.18. The molecule has 2 aliphatic rings. The normalized spacial score (nSPS) is 22.3. The molecule has 1 aliphatic carbocycles. The van der Waals surface area contributed by atoms with Crippen molar-refractivity contribution in [3.63, 3.8) is 0 Å². The molecule has 0 radical (unpaired) electrons. The number of hydrogen-bond donors (Lipinski definition) is 1. The highest BCUT2D eigenvalue weighted by Crippen LogP contribution is 2.29. The van der Waals surface area contributed by atoms with Gasteiger partial charge in [0.1, 0.15) is 5.76 Å². The number of piperidine rings is 1. The number of carbonyl (C=O) groups excluding carboxylic acids is 1. The number of carbonyl (C=O) groups is 1. The second-order valence-electron chi connectivity index (χ2n) is 6.47. The van der Waals surface area contributed by atoms with Gasteiger partial charge in [-0.1, -0.05) is 5.16 Å². The number of rotatable bonds is 5. The van der Waals surface area contributed by atoms with Gasteiger partial charge < -0.3 is 14.7 Å². The fraction of sp³-hybridized carbons (Fsp3) is 0.750. The predicted octanol–water partition coefficient (Wildman–Crippen LogP) is 1.82. The van der Waals surface area contributed by atoms with Crippen molar-refractivity contribution in [1.29, 1.82) is 0 Å². The van der Waals surface area contributed by atoms with Crippen LogP contribution in [0.2, 0.25) is 0 Å². The molecule has 1 atom stereocenters. The highest BCUT2D eigenvalue weighted by atomic mass is 16.5. The Kier molecular flexibility index (Phi) is 4.29. The summed E-state index contributed by atoms with van der Waals surface area (Å²) >= 11 is 0. The third-order valence-corrected chi connectivity index (χ3v) is 4.67. The first-order valence-electron chi connectivity index (χ1n) is 8.07. The zero-order valence-electron chi connectivity index (χ0n) is 13.0. The Hall–Kier alpha value is -1.36. The Labute approximate surface area is 126 Å². The SMILES string of the molecule is Cc1noc(C)c1CC(=O)N(CC1CCCNC1)C1CC1. The molecule has 0 spiro atoms. The minimum Gasteiger partial charge on any atom is -0.361 e. The average molecular weight is 291 g/mol. The van der Waals surface area contributed by atoms with Crippen molar-refractivity contribution in [3.8, 4) is 0 Å². The van der Waals surface area contributed by atoms with Gasteiger partial charge >= 0.3 is 0 Å². The lowest BCUT2D eigenvalue weighted by molar-refractivity contribution is -0.131. The van der Waals surface area contributed by atoms with Crippen LogP contribution < -0.4 is 5.32 Å². The van der Waals surface area contributed by atoms with E-state index in [1.165, 1.54) is 12.8 Å². The number of aromatic nitrogens is 1. The Balaban J connectivity index is 1.64. The second-order valence-corrected chi connectivity index (χ2v) is 6.47. The molecule has 2 heterocycles. The molecule has 0 aromatic carbocycles. The smallest absolute Gasteiger partial charge is 0.227 e. The first-order valence-corrected chi connectivity index (χ1v) is 8.07. The molecule has 0 bridgehead atoms. The van der Waals surface area contributed by atoms with Crippen LogP contribution in [0.25, 0.3) is 0 Å². The molecule has 1 aliphatic heterocycles. The number of amides is 1. The summed E-state index contributed by atoms with van der Waals surface area (Å²) in [5.74, 6) is 1.61. The van der Waals surface area contributed by atoms with Gasteiger partial charge in [0.15, 0.2) is 0 Å². The minimum absolute atomic E-state index is 0.234. The third-order valence-electron chi connectivity index (χ3n) is 4.67. The van der Waals surface area contributed by atoms with E-state index in [0.717, 1.165) is 49.5 Å². The summed E-state index contributed by atoms with van der Waals surface area (Å²) in [5.41, 5.74) is 1.81. The highest BCUT2D eigenvalue weighted by Gasteiger charge is 2.34. The molecule has 3 rings (SSSR count). The molecule has 116 valence electrons. The average Bonchev–Trinajstić information content (AvgIpc) is 3.28. The van der Waals surface area contributed by atoms with Gasteiger partial charge in [-0.05, 0) is 58.5 Å². The van der Waals surface area contributed by atoms with Crippen LogP contribution >= 0.6 is 0 Å². The molecular formula is C16H25N3O2. The maximum absolute atomic E-state index is 12.7. The van der Waals surface area contributed by atoms with Crippen LogP contribution in [0.15, 0.2) is 4.52 Å². The van der Waals surface area contributed by atoms with E-state index in [1.807, 2.05) is 13.8 Å². The van der Waals surface area contributed by atoms with Gasteiger partial charge in [-0.2, -0.15) is 0 Å². The Morgan fingerprint density at radius 2 is 2.19 bits per heavy atom. The molecular weight excluding hydrogens is 266 g/mol. The van der Waals surface area contributed by atoms with E-state index < -0.39 is 0 Å². The quantitative estimate of drug-likeness (QED) is 0.899. The summed E-state index contributed by atoms with van der Waals surface area (Å²) in [6, 6.07) is 0.472. The van der Waals surface area contributed by atoms with E-state index in [4.69, 9.17) is 4.52 Å². The van der Waals surface area contributed by atoms with E-state index in [2.05, 4.69) is 15.4 Å². The van der Waals surface area contributed by atoms with Crippen LogP contribution in [-0.2, 0) is 11.2 Å². The molecule has 1 saturated carbocycles. The molecule has 1 aromatic heterocycles. The standard InChI is InChI=1S/C16H25N3O2/c1-11-15(12(2)21-18-11)8-16(20)19(14-5-6-14)10-13-4-3-7-17-9-13/h13-14,17H,3-10H2,1-2H3. The molecule has 1 aromatic rings. The Bertz CT molecular complexity index is 482. The monoisotopic (exact) mass is 291 g/mol. The van der Waals surface area contributed by atoms with Gasteiger partial charge in [0.05, 0.1) is 12.1 Å². The van der Waals surface area contributed by atoms with Gasteiger partial charge in [-0.3, -0.25) is 4.79 Å². The summed E-state index contributed by atoms with van der Waals surface area (Å²) in [4.78, 5) is 14.8. The van der Waals surface area contributed by atoms with Crippen LogP contribution in [0.5, 0.6) is 0 Å². The Morgan fingerprint density at radius 3 is 2.76 bits per heavy atom. The van der Waals surface area contributed by atoms with E-state index in [-0.39, 0.29) is 5.91 Å². The molecule has 5 nitrogen and oxygen atoms in total. The molecule has 21 heavy (non-hydrogen) atoms. The number of nitrogens with zero attached hydrogens (tertiary/aromatic N) is 2. The summed E-state index contributed by atoms with van der Waals surface area (Å²) < 4.78 is 5.17. The summed E-state index contributed by atoms with van der Waals surface area (Å²) in [5, 5.41) is 7.39.